The van der Waals surface area contributed by atoms with Gasteiger partial charge in [0.1, 0.15) is 0 Å². The fourth-order valence-electron chi connectivity index (χ4n) is 2.84. The molecule has 1 N–H and O–H groups in total. The molecule has 0 saturated carbocycles. The standard InChI is InChI=1S/C11H16N2O/c14-11(13-5-1-2-6-13)10-8-3-4-9(7-8)12-10/h3-4,8-10,12H,1-2,5-7H2/t8-,9+,10-/m1/s1. The Labute approximate surface area is 84.2 Å². The number of likely N-dealkylation sites (tertiary alicyclic amines) is 1. The van der Waals surface area contributed by atoms with Crippen LogP contribution >= 0.6 is 0 Å². The van der Waals surface area contributed by atoms with Gasteiger partial charge in [-0.25, -0.2) is 0 Å². The number of nitrogens with one attached hydrogen (secondary N) is 1. The van der Waals surface area contributed by atoms with Crippen LogP contribution in [-0.2, 0) is 4.79 Å². The predicted octanol–water partition coefficient (Wildman–Crippen LogP) is 0.525. The molecule has 76 valence electrons. The maximum absolute atomic E-state index is 12.1. The Balaban J connectivity index is 1.71. The Bertz CT molecular complexity index is 281. The van der Waals surface area contributed by atoms with E-state index in [2.05, 4.69) is 17.5 Å². The SMILES string of the molecule is O=C([C@@H]1N[C@H]2C=C[C@@H]1C2)N1CCCC1. The summed E-state index contributed by atoms with van der Waals surface area (Å²) in [7, 11) is 0. The van der Waals surface area contributed by atoms with Gasteiger partial charge in [0.2, 0.25) is 5.91 Å². The Morgan fingerprint density at radius 1 is 1.29 bits per heavy atom. The summed E-state index contributed by atoms with van der Waals surface area (Å²) in [5, 5.41) is 3.39. The third-order valence-corrected chi connectivity index (χ3v) is 3.62. The molecule has 2 saturated heterocycles. The van der Waals surface area contributed by atoms with Crippen LogP contribution in [0, 0.1) is 5.92 Å². The molecule has 0 unspecified atom stereocenters. The van der Waals surface area contributed by atoms with E-state index in [-0.39, 0.29) is 6.04 Å². The Hall–Kier alpha value is -0.830. The van der Waals surface area contributed by atoms with Crippen molar-refractivity contribution in [3.63, 3.8) is 0 Å². The zero-order valence-electron chi connectivity index (χ0n) is 8.28. The van der Waals surface area contributed by atoms with Crippen LogP contribution < -0.4 is 5.32 Å². The second-order valence-corrected chi connectivity index (χ2v) is 4.57. The first-order chi connectivity index (χ1) is 6.84. The van der Waals surface area contributed by atoms with Crippen molar-refractivity contribution in [2.45, 2.75) is 31.3 Å². The van der Waals surface area contributed by atoms with Gasteiger partial charge in [0, 0.05) is 25.0 Å². The fourth-order valence-corrected chi connectivity index (χ4v) is 2.84. The Morgan fingerprint density at radius 2 is 2.07 bits per heavy atom. The number of rotatable bonds is 1. The molecule has 3 nitrogen and oxygen atoms in total. The van der Waals surface area contributed by atoms with Crippen molar-refractivity contribution in [2.75, 3.05) is 13.1 Å². The highest BCUT2D eigenvalue weighted by molar-refractivity contribution is 5.83. The number of fused-ring (bicyclic) bond motifs is 2. The highest BCUT2D eigenvalue weighted by Gasteiger charge is 2.41. The molecule has 0 aromatic rings. The van der Waals surface area contributed by atoms with Crippen LogP contribution in [0.15, 0.2) is 12.2 Å². The molecule has 3 rings (SSSR count). The highest BCUT2D eigenvalue weighted by atomic mass is 16.2. The third-order valence-electron chi connectivity index (χ3n) is 3.62. The maximum Gasteiger partial charge on any atom is 0.240 e. The summed E-state index contributed by atoms with van der Waals surface area (Å²) in [6.07, 6.45) is 7.90. The van der Waals surface area contributed by atoms with Crippen LogP contribution in [0.2, 0.25) is 0 Å². The van der Waals surface area contributed by atoms with E-state index >= 15 is 0 Å². The van der Waals surface area contributed by atoms with Crippen LogP contribution in [0.5, 0.6) is 0 Å². The van der Waals surface area contributed by atoms with Crippen LogP contribution in [0.1, 0.15) is 19.3 Å². The molecule has 2 fully saturated rings. The van der Waals surface area contributed by atoms with Crippen molar-refractivity contribution < 1.29 is 4.79 Å². The highest BCUT2D eigenvalue weighted by Crippen LogP contribution is 2.30. The summed E-state index contributed by atoms with van der Waals surface area (Å²) >= 11 is 0. The van der Waals surface area contributed by atoms with Gasteiger partial charge in [0.15, 0.2) is 0 Å². The first-order valence-electron chi connectivity index (χ1n) is 5.58. The van der Waals surface area contributed by atoms with Gasteiger partial charge in [0.25, 0.3) is 0 Å². The summed E-state index contributed by atoms with van der Waals surface area (Å²) in [4.78, 5) is 14.1. The summed E-state index contributed by atoms with van der Waals surface area (Å²) in [6, 6.07) is 0.555. The smallest absolute Gasteiger partial charge is 0.240 e. The lowest BCUT2D eigenvalue weighted by atomic mass is 10.0. The van der Waals surface area contributed by atoms with E-state index in [1.807, 2.05) is 4.90 Å². The molecule has 3 heteroatoms. The summed E-state index contributed by atoms with van der Waals surface area (Å²) in [5.74, 6) is 0.799. The minimum atomic E-state index is 0.0862. The quantitative estimate of drug-likeness (QED) is 0.614. The largest absolute Gasteiger partial charge is 0.341 e. The molecule has 2 bridgehead atoms. The van der Waals surface area contributed by atoms with E-state index in [9.17, 15) is 4.79 Å². The van der Waals surface area contributed by atoms with E-state index in [1.165, 1.54) is 12.8 Å². The van der Waals surface area contributed by atoms with Crippen LogP contribution in [-0.4, -0.2) is 36.0 Å². The van der Waals surface area contributed by atoms with Crippen LogP contribution in [0.3, 0.4) is 0 Å². The minimum Gasteiger partial charge on any atom is -0.341 e. The number of carbonyl (C=O) groups excluding carboxylic acids is 1. The zero-order valence-corrected chi connectivity index (χ0v) is 8.28. The van der Waals surface area contributed by atoms with E-state index < -0.39 is 0 Å². The monoisotopic (exact) mass is 192 g/mol. The number of hydrogen-bond acceptors (Lipinski definition) is 2. The number of nitrogens with zero attached hydrogens (tertiary/aromatic N) is 1. The molecular weight excluding hydrogens is 176 g/mol. The molecule has 0 aromatic heterocycles. The maximum atomic E-state index is 12.1. The molecular formula is C11H16N2O. The van der Waals surface area contributed by atoms with Crippen molar-refractivity contribution in [1.82, 2.24) is 10.2 Å². The van der Waals surface area contributed by atoms with Gasteiger partial charge in [-0.05, 0) is 19.3 Å². The normalized spacial score (nSPS) is 39.7. The molecule has 14 heavy (non-hydrogen) atoms. The van der Waals surface area contributed by atoms with E-state index in [0.717, 1.165) is 19.5 Å². The average molecular weight is 192 g/mol. The van der Waals surface area contributed by atoms with Gasteiger partial charge in [-0.1, -0.05) is 12.2 Å². The second kappa shape index (κ2) is 3.09. The van der Waals surface area contributed by atoms with Gasteiger partial charge in [0.05, 0.1) is 6.04 Å². The molecule has 2 aliphatic heterocycles. The third kappa shape index (κ3) is 1.19. The van der Waals surface area contributed by atoms with Crippen molar-refractivity contribution in [1.29, 1.82) is 0 Å². The van der Waals surface area contributed by atoms with Crippen LogP contribution in [0.25, 0.3) is 0 Å². The molecule has 0 radical (unpaired) electrons. The van der Waals surface area contributed by atoms with Crippen molar-refractivity contribution in [2.24, 2.45) is 5.92 Å². The summed E-state index contributed by atoms with van der Waals surface area (Å²) in [5.41, 5.74) is 0. The van der Waals surface area contributed by atoms with Crippen LogP contribution in [0.4, 0.5) is 0 Å². The van der Waals surface area contributed by atoms with Crippen molar-refractivity contribution in [3.05, 3.63) is 12.2 Å². The fraction of sp³-hybridized carbons (Fsp3) is 0.727. The van der Waals surface area contributed by atoms with Gasteiger partial charge in [-0.15, -0.1) is 0 Å². The molecule has 3 atom stereocenters. The van der Waals surface area contributed by atoms with Gasteiger partial charge >= 0.3 is 0 Å². The van der Waals surface area contributed by atoms with E-state index in [0.29, 0.717) is 17.9 Å². The number of carbonyl (C=O) groups is 1. The minimum absolute atomic E-state index is 0.0862. The first kappa shape index (κ1) is 8.48. The predicted molar refractivity (Wildman–Crippen MR) is 53.8 cm³/mol. The average Bonchev–Trinajstić information content (AvgIpc) is 2.93. The lowest BCUT2D eigenvalue weighted by Gasteiger charge is -2.24. The first-order valence-corrected chi connectivity index (χ1v) is 5.58. The number of amides is 1. The topological polar surface area (TPSA) is 32.3 Å². The van der Waals surface area contributed by atoms with E-state index in [4.69, 9.17) is 0 Å². The molecule has 0 spiro atoms. The second-order valence-electron chi connectivity index (χ2n) is 4.57. The van der Waals surface area contributed by atoms with Crippen molar-refractivity contribution in [3.8, 4) is 0 Å². The number of hydrogen-bond donors (Lipinski definition) is 1. The van der Waals surface area contributed by atoms with Gasteiger partial charge in [-0.3, -0.25) is 10.1 Å². The molecule has 1 amide bonds. The van der Waals surface area contributed by atoms with Gasteiger partial charge < -0.3 is 4.90 Å². The molecule has 2 heterocycles. The van der Waals surface area contributed by atoms with Gasteiger partial charge in [-0.2, -0.15) is 0 Å². The molecule has 0 aromatic carbocycles. The van der Waals surface area contributed by atoms with Crippen molar-refractivity contribution >= 4 is 5.91 Å². The molecule has 1 aliphatic carbocycles. The summed E-state index contributed by atoms with van der Waals surface area (Å²) < 4.78 is 0. The Morgan fingerprint density at radius 3 is 2.64 bits per heavy atom. The lowest BCUT2D eigenvalue weighted by molar-refractivity contribution is -0.132. The zero-order chi connectivity index (χ0) is 9.54. The molecule has 3 aliphatic rings. The van der Waals surface area contributed by atoms with E-state index in [1.54, 1.807) is 0 Å². The summed E-state index contributed by atoms with van der Waals surface area (Å²) in [6.45, 7) is 1.94. The lowest BCUT2D eigenvalue weighted by Crippen LogP contribution is -2.47. The Kier molecular flexibility index (Phi) is 1.87.